The molecule has 0 aliphatic carbocycles. The van der Waals surface area contributed by atoms with Gasteiger partial charge in [-0.2, -0.15) is 11.8 Å². The highest BCUT2D eigenvalue weighted by atomic mass is 32.2. The largest absolute Gasteiger partial charge is 0.380 e. The lowest BCUT2D eigenvalue weighted by Crippen LogP contribution is -2.50. The zero-order chi connectivity index (χ0) is 17.0. The first kappa shape index (κ1) is 17.3. The Labute approximate surface area is 146 Å². The summed E-state index contributed by atoms with van der Waals surface area (Å²) in [5.74, 6) is 1.60. The van der Waals surface area contributed by atoms with Crippen LogP contribution >= 0.6 is 11.8 Å². The molecule has 1 atom stereocenters. The van der Waals surface area contributed by atoms with E-state index >= 15 is 0 Å². The first-order chi connectivity index (χ1) is 11.6. The molecule has 0 aromatic heterocycles. The van der Waals surface area contributed by atoms with E-state index in [2.05, 4.69) is 5.32 Å². The lowest BCUT2D eigenvalue weighted by Gasteiger charge is -2.30. The van der Waals surface area contributed by atoms with E-state index < -0.39 is 5.60 Å². The lowest BCUT2D eigenvalue weighted by molar-refractivity contribution is -0.140. The molecular weight excluding hydrogens is 324 g/mol. The topological polar surface area (TPSA) is 69.6 Å². The summed E-state index contributed by atoms with van der Waals surface area (Å²) in [5.41, 5.74) is -0.109. The fourth-order valence-corrected chi connectivity index (χ4v) is 4.45. The second-order valence-electron chi connectivity index (χ2n) is 6.68. The Bertz CT molecular complexity index is 587. The fourth-order valence-electron chi connectivity index (χ4n) is 3.29. The van der Waals surface area contributed by atoms with Crippen molar-refractivity contribution in [1.29, 1.82) is 0 Å². The standard InChI is InChI=1S/C18H24N2O3S/c21-16-10-15(13-20(16)12-14-4-2-1-3-5-14)11-19-17(22)18(23)6-8-24-9-7-18/h1-5,15,23H,6-13H2,(H,19,22). The van der Waals surface area contributed by atoms with E-state index in [1.807, 2.05) is 35.2 Å². The van der Waals surface area contributed by atoms with Gasteiger partial charge in [0.2, 0.25) is 5.91 Å². The van der Waals surface area contributed by atoms with Crippen molar-refractivity contribution in [1.82, 2.24) is 10.2 Å². The predicted octanol–water partition coefficient (Wildman–Crippen LogP) is 1.41. The summed E-state index contributed by atoms with van der Waals surface area (Å²) >= 11 is 1.77. The normalized spacial score (nSPS) is 23.3. The van der Waals surface area contributed by atoms with Crippen molar-refractivity contribution in [2.75, 3.05) is 24.6 Å². The molecule has 2 saturated heterocycles. The van der Waals surface area contributed by atoms with E-state index in [0.29, 0.717) is 38.9 Å². The third-order valence-electron chi connectivity index (χ3n) is 4.80. The summed E-state index contributed by atoms with van der Waals surface area (Å²) in [6.45, 7) is 1.72. The quantitative estimate of drug-likeness (QED) is 0.844. The predicted molar refractivity (Wildman–Crippen MR) is 94.5 cm³/mol. The van der Waals surface area contributed by atoms with Crippen LogP contribution in [0.15, 0.2) is 30.3 Å². The van der Waals surface area contributed by atoms with Crippen molar-refractivity contribution in [2.24, 2.45) is 5.92 Å². The maximum Gasteiger partial charge on any atom is 0.252 e. The maximum absolute atomic E-state index is 12.3. The molecule has 2 aliphatic heterocycles. The van der Waals surface area contributed by atoms with Gasteiger partial charge in [0.15, 0.2) is 0 Å². The zero-order valence-electron chi connectivity index (χ0n) is 13.7. The molecule has 130 valence electrons. The molecule has 2 amide bonds. The molecule has 1 aromatic rings. The molecule has 2 heterocycles. The minimum Gasteiger partial charge on any atom is -0.380 e. The SMILES string of the molecule is O=C1CC(CNC(=O)C2(O)CCSCC2)CN1Cc1ccccc1. The number of carbonyl (C=O) groups is 2. The number of hydrogen-bond acceptors (Lipinski definition) is 4. The van der Waals surface area contributed by atoms with Gasteiger partial charge in [-0.3, -0.25) is 9.59 Å². The van der Waals surface area contributed by atoms with Gasteiger partial charge >= 0.3 is 0 Å². The average molecular weight is 348 g/mol. The van der Waals surface area contributed by atoms with Crippen LogP contribution in [0.3, 0.4) is 0 Å². The number of aliphatic hydroxyl groups is 1. The molecule has 0 spiro atoms. The van der Waals surface area contributed by atoms with E-state index in [1.165, 1.54) is 0 Å². The van der Waals surface area contributed by atoms with Crippen LogP contribution in [0.25, 0.3) is 0 Å². The number of carbonyl (C=O) groups excluding carboxylic acids is 2. The van der Waals surface area contributed by atoms with Gasteiger partial charge in [-0.05, 0) is 29.9 Å². The fraction of sp³-hybridized carbons (Fsp3) is 0.556. The summed E-state index contributed by atoms with van der Waals surface area (Å²) in [6.07, 6.45) is 1.47. The second kappa shape index (κ2) is 7.57. The molecular formula is C18H24N2O3S. The summed E-state index contributed by atoms with van der Waals surface area (Å²) in [4.78, 5) is 26.3. The monoisotopic (exact) mass is 348 g/mol. The third-order valence-corrected chi connectivity index (χ3v) is 5.79. The Morgan fingerprint density at radius 3 is 2.71 bits per heavy atom. The Kier molecular flexibility index (Phi) is 5.46. The second-order valence-corrected chi connectivity index (χ2v) is 7.91. The molecule has 5 nitrogen and oxygen atoms in total. The number of amides is 2. The average Bonchev–Trinajstić information content (AvgIpc) is 2.94. The van der Waals surface area contributed by atoms with Crippen molar-refractivity contribution in [3.8, 4) is 0 Å². The van der Waals surface area contributed by atoms with Gasteiger partial charge in [0.05, 0.1) is 0 Å². The summed E-state index contributed by atoms with van der Waals surface area (Å²) in [5, 5.41) is 13.3. The van der Waals surface area contributed by atoms with Gasteiger partial charge in [-0.1, -0.05) is 30.3 Å². The van der Waals surface area contributed by atoms with Crippen LogP contribution in [0.2, 0.25) is 0 Å². The first-order valence-electron chi connectivity index (χ1n) is 8.47. The minimum atomic E-state index is -1.22. The summed E-state index contributed by atoms with van der Waals surface area (Å²) in [7, 11) is 0. The van der Waals surface area contributed by atoms with Gasteiger partial charge in [-0.25, -0.2) is 0 Å². The number of thioether (sulfide) groups is 1. The maximum atomic E-state index is 12.3. The van der Waals surface area contributed by atoms with Crippen LogP contribution in [0.5, 0.6) is 0 Å². The van der Waals surface area contributed by atoms with Crippen LogP contribution in [0, 0.1) is 5.92 Å². The number of rotatable bonds is 5. The highest BCUT2D eigenvalue weighted by molar-refractivity contribution is 7.99. The molecule has 0 saturated carbocycles. The molecule has 1 aromatic carbocycles. The van der Waals surface area contributed by atoms with E-state index in [9.17, 15) is 14.7 Å². The number of benzene rings is 1. The molecule has 2 N–H and O–H groups in total. The zero-order valence-corrected chi connectivity index (χ0v) is 14.6. The molecule has 24 heavy (non-hydrogen) atoms. The molecule has 0 radical (unpaired) electrons. The van der Waals surface area contributed by atoms with E-state index in [1.54, 1.807) is 11.8 Å². The highest BCUT2D eigenvalue weighted by Gasteiger charge is 2.38. The van der Waals surface area contributed by atoms with Crippen LogP contribution < -0.4 is 5.32 Å². The van der Waals surface area contributed by atoms with E-state index in [-0.39, 0.29) is 17.7 Å². The van der Waals surface area contributed by atoms with Gasteiger partial charge in [-0.15, -0.1) is 0 Å². The molecule has 1 unspecified atom stereocenters. The lowest BCUT2D eigenvalue weighted by atomic mass is 9.95. The van der Waals surface area contributed by atoms with Gasteiger partial charge in [0.25, 0.3) is 5.91 Å². The van der Waals surface area contributed by atoms with Crippen molar-refractivity contribution in [2.45, 2.75) is 31.4 Å². The summed E-state index contributed by atoms with van der Waals surface area (Å²) < 4.78 is 0. The number of nitrogens with one attached hydrogen (secondary N) is 1. The van der Waals surface area contributed by atoms with Crippen molar-refractivity contribution in [3.05, 3.63) is 35.9 Å². The number of likely N-dealkylation sites (tertiary alicyclic amines) is 1. The van der Waals surface area contributed by atoms with E-state index in [0.717, 1.165) is 17.1 Å². The molecule has 6 heteroatoms. The van der Waals surface area contributed by atoms with Gasteiger partial charge in [0, 0.05) is 32.0 Å². The molecule has 2 aliphatic rings. The highest BCUT2D eigenvalue weighted by Crippen LogP contribution is 2.27. The van der Waals surface area contributed by atoms with Gasteiger partial charge in [0.1, 0.15) is 5.60 Å². The van der Waals surface area contributed by atoms with Crippen molar-refractivity contribution < 1.29 is 14.7 Å². The van der Waals surface area contributed by atoms with Crippen molar-refractivity contribution in [3.63, 3.8) is 0 Å². The minimum absolute atomic E-state index is 0.117. The number of nitrogens with zero attached hydrogens (tertiary/aromatic N) is 1. The molecule has 2 fully saturated rings. The Hall–Kier alpha value is -1.53. The van der Waals surface area contributed by atoms with Crippen LogP contribution in [-0.2, 0) is 16.1 Å². The van der Waals surface area contributed by atoms with Crippen LogP contribution in [0.4, 0.5) is 0 Å². The Morgan fingerprint density at radius 1 is 1.29 bits per heavy atom. The Morgan fingerprint density at radius 2 is 2.00 bits per heavy atom. The van der Waals surface area contributed by atoms with E-state index in [4.69, 9.17) is 0 Å². The molecule has 0 bridgehead atoms. The number of hydrogen-bond donors (Lipinski definition) is 2. The first-order valence-corrected chi connectivity index (χ1v) is 9.62. The van der Waals surface area contributed by atoms with Crippen molar-refractivity contribution >= 4 is 23.6 Å². The third kappa shape index (κ3) is 4.11. The Balaban J connectivity index is 1.48. The smallest absolute Gasteiger partial charge is 0.252 e. The molecule has 3 rings (SSSR count). The summed E-state index contributed by atoms with van der Waals surface area (Å²) in [6, 6.07) is 9.92. The van der Waals surface area contributed by atoms with Gasteiger partial charge < -0.3 is 15.3 Å². The van der Waals surface area contributed by atoms with Crippen LogP contribution in [0.1, 0.15) is 24.8 Å². The van der Waals surface area contributed by atoms with Crippen LogP contribution in [-0.4, -0.2) is 52.0 Å².